The topological polar surface area (TPSA) is 59.8 Å². The van der Waals surface area contributed by atoms with Crippen LogP contribution in [0.2, 0.25) is 0 Å². The molecule has 1 aromatic carbocycles. The van der Waals surface area contributed by atoms with Crippen molar-refractivity contribution in [3.8, 4) is 0 Å². The number of carbonyl (C=O) groups excluding carboxylic acids is 1. The standard InChI is InChI=1S/C21H25FN4OS/c1-3-5-10-24-20(27)18(4-2)26-19-13-23-11-9-17(19)25-21(26)28-14-15-7-6-8-16(22)12-15/h6-9,11-13,18H,3-5,10,14H2,1-2H3,(H,24,27). The third kappa shape index (κ3) is 4.70. The Bertz CT molecular complexity index is 943. The first-order valence-corrected chi connectivity index (χ1v) is 10.6. The molecule has 28 heavy (non-hydrogen) atoms. The van der Waals surface area contributed by atoms with E-state index in [1.54, 1.807) is 18.5 Å². The van der Waals surface area contributed by atoms with Gasteiger partial charge in [0, 0.05) is 18.5 Å². The number of carbonyl (C=O) groups is 1. The number of rotatable bonds is 9. The Kier molecular flexibility index (Phi) is 7.03. The quantitative estimate of drug-likeness (QED) is 0.417. The number of fused-ring (bicyclic) bond motifs is 1. The first-order chi connectivity index (χ1) is 13.6. The van der Waals surface area contributed by atoms with Crippen LogP contribution in [0.1, 0.15) is 44.7 Å². The van der Waals surface area contributed by atoms with Crippen molar-refractivity contribution in [3.05, 3.63) is 54.1 Å². The van der Waals surface area contributed by atoms with E-state index in [0.29, 0.717) is 18.7 Å². The van der Waals surface area contributed by atoms with E-state index >= 15 is 0 Å². The Morgan fingerprint density at radius 3 is 2.93 bits per heavy atom. The van der Waals surface area contributed by atoms with Gasteiger partial charge >= 0.3 is 0 Å². The highest BCUT2D eigenvalue weighted by Gasteiger charge is 2.24. The summed E-state index contributed by atoms with van der Waals surface area (Å²) in [6, 6.07) is 8.04. The first-order valence-electron chi connectivity index (χ1n) is 9.61. The van der Waals surface area contributed by atoms with Crippen molar-refractivity contribution < 1.29 is 9.18 Å². The zero-order valence-corrected chi connectivity index (χ0v) is 17.0. The zero-order chi connectivity index (χ0) is 19.9. The summed E-state index contributed by atoms with van der Waals surface area (Å²) >= 11 is 1.50. The lowest BCUT2D eigenvalue weighted by Gasteiger charge is -2.19. The number of nitrogens with zero attached hydrogens (tertiary/aromatic N) is 3. The van der Waals surface area contributed by atoms with Gasteiger partial charge in [0.2, 0.25) is 5.91 Å². The SMILES string of the molecule is CCCCNC(=O)C(CC)n1c(SCc2cccc(F)c2)nc2ccncc21. The Morgan fingerprint density at radius 2 is 2.18 bits per heavy atom. The molecule has 1 atom stereocenters. The number of pyridine rings is 1. The molecule has 7 heteroatoms. The van der Waals surface area contributed by atoms with Gasteiger partial charge in [0.1, 0.15) is 11.9 Å². The predicted molar refractivity (Wildman–Crippen MR) is 111 cm³/mol. The molecular formula is C21H25FN4OS. The summed E-state index contributed by atoms with van der Waals surface area (Å²) in [7, 11) is 0. The summed E-state index contributed by atoms with van der Waals surface area (Å²) in [5.41, 5.74) is 2.51. The van der Waals surface area contributed by atoms with Gasteiger partial charge in [-0.1, -0.05) is 44.2 Å². The van der Waals surface area contributed by atoms with E-state index < -0.39 is 0 Å². The molecule has 0 aliphatic rings. The normalized spacial score (nSPS) is 12.2. The van der Waals surface area contributed by atoms with Crippen molar-refractivity contribution in [3.63, 3.8) is 0 Å². The third-order valence-corrected chi connectivity index (χ3v) is 5.57. The monoisotopic (exact) mass is 400 g/mol. The maximum Gasteiger partial charge on any atom is 0.243 e. The van der Waals surface area contributed by atoms with Gasteiger partial charge in [0.15, 0.2) is 5.16 Å². The number of hydrogen-bond acceptors (Lipinski definition) is 4. The van der Waals surface area contributed by atoms with Crippen LogP contribution in [0.15, 0.2) is 47.9 Å². The number of benzene rings is 1. The molecule has 1 unspecified atom stereocenters. The summed E-state index contributed by atoms with van der Waals surface area (Å²) in [5.74, 6) is 0.312. The van der Waals surface area contributed by atoms with Crippen LogP contribution in [0.5, 0.6) is 0 Å². The highest BCUT2D eigenvalue weighted by atomic mass is 32.2. The predicted octanol–water partition coefficient (Wildman–Crippen LogP) is 4.73. The fourth-order valence-corrected chi connectivity index (χ4v) is 4.09. The lowest BCUT2D eigenvalue weighted by Crippen LogP contribution is -2.33. The second kappa shape index (κ2) is 9.68. The van der Waals surface area contributed by atoms with Gasteiger partial charge < -0.3 is 9.88 Å². The molecule has 5 nitrogen and oxygen atoms in total. The van der Waals surface area contributed by atoms with E-state index in [0.717, 1.165) is 34.6 Å². The maximum absolute atomic E-state index is 13.5. The van der Waals surface area contributed by atoms with Crippen LogP contribution in [0.25, 0.3) is 11.0 Å². The van der Waals surface area contributed by atoms with Gasteiger partial charge in [-0.25, -0.2) is 9.37 Å². The molecule has 0 bridgehead atoms. The van der Waals surface area contributed by atoms with E-state index in [-0.39, 0.29) is 17.8 Å². The number of imidazole rings is 1. The summed E-state index contributed by atoms with van der Waals surface area (Å²) in [6.45, 7) is 4.76. The lowest BCUT2D eigenvalue weighted by atomic mass is 10.2. The molecule has 0 aliphatic carbocycles. The number of halogens is 1. The van der Waals surface area contributed by atoms with Gasteiger partial charge in [-0.2, -0.15) is 0 Å². The highest BCUT2D eigenvalue weighted by Crippen LogP contribution is 2.31. The van der Waals surface area contributed by atoms with Crippen molar-refractivity contribution in [2.75, 3.05) is 6.54 Å². The molecule has 0 radical (unpaired) electrons. The molecule has 148 valence electrons. The molecule has 0 spiro atoms. The van der Waals surface area contributed by atoms with Crippen molar-refractivity contribution in [1.29, 1.82) is 0 Å². The number of unbranched alkanes of at least 4 members (excludes halogenated alkanes) is 1. The molecule has 0 saturated heterocycles. The molecule has 1 amide bonds. The number of nitrogens with one attached hydrogen (secondary N) is 1. The molecule has 3 aromatic rings. The largest absolute Gasteiger partial charge is 0.354 e. The van der Waals surface area contributed by atoms with Crippen molar-refractivity contribution in [2.24, 2.45) is 0 Å². The van der Waals surface area contributed by atoms with Crippen LogP contribution in [0, 0.1) is 5.82 Å². The van der Waals surface area contributed by atoms with E-state index in [9.17, 15) is 9.18 Å². The minimum absolute atomic E-state index is 0.00768. The first kappa shape index (κ1) is 20.3. The summed E-state index contributed by atoms with van der Waals surface area (Å²) < 4.78 is 15.5. The Balaban J connectivity index is 1.90. The average Bonchev–Trinajstić information content (AvgIpc) is 3.06. The highest BCUT2D eigenvalue weighted by molar-refractivity contribution is 7.98. The van der Waals surface area contributed by atoms with Gasteiger partial charge in [0.05, 0.1) is 17.2 Å². The van der Waals surface area contributed by atoms with Crippen molar-refractivity contribution >= 4 is 28.7 Å². The van der Waals surface area contributed by atoms with E-state index in [1.807, 2.05) is 23.6 Å². The average molecular weight is 401 g/mol. The Labute approximate surface area is 168 Å². The number of hydrogen-bond donors (Lipinski definition) is 1. The molecule has 2 heterocycles. The molecule has 2 aromatic heterocycles. The van der Waals surface area contributed by atoms with Gasteiger partial charge in [-0.15, -0.1) is 0 Å². The van der Waals surface area contributed by atoms with Crippen LogP contribution >= 0.6 is 11.8 Å². The van der Waals surface area contributed by atoms with Crippen LogP contribution in [0.4, 0.5) is 4.39 Å². The van der Waals surface area contributed by atoms with Gasteiger partial charge in [-0.3, -0.25) is 9.78 Å². The maximum atomic E-state index is 13.5. The third-order valence-electron chi connectivity index (χ3n) is 4.55. The summed E-state index contributed by atoms with van der Waals surface area (Å²) in [4.78, 5) is 21.8. The lowest BCUT2D eigenvalue weighted by molar-refractivity contribution is -0.124. The van der Waals surface area contributed by atoms with E-state index in [4.69, 9.17) is 4.98 Å². The Morgan fingerprint density at radius 1 is 1.32 bits per heavy atom. The fourth-order valence-electron chi connectivity index (χ4n) is 3.09. The fraction of sp³-hybridized carbons (Fsp3) is 0.381. The second-order valence-corrected chi connectivity index (χ2v) is 7.56. The number of thioether (sulfide) groups is 1. The number of aromatic nitrogens is 3. The van der Waals surface area contributed by atoms with Crippen LogP contribution in [-0.4, -0.2) is 27.0 Å². The summed E-state index contributed by atoms with van der Waals surface area (Å²) in [5, 5.41) is 3.77. The minimum atomic E-state index is -0.360. The number of amides is 1. The molecule has 0 saturated carbocycles. The minimum Gasteiger partial charge on any atom is -0.354 e. The molecule has 0 aliphatic heterocycles. The molecule has 1 N–H and O–H groups in total. The smallest absolute Gasteiger partial charge is 0.243 e. The van der Waals surface area contributed by atoms with E-state index in [1.165, 1.54) is 23.9 Å². The van der Waals surface area contributed by atoms with Crippen LogP contribution in [-0.2, 0) is 10.5 Å². The molecule has 3 rings (SSSR count). The van der Waals surface area contributed by atoms with Crippen LogP contribution < -0.4 is 5.32 Å². The Hall–Kier alpha value is -2.41. The second-order valence-electron chi connectivity index (χ2n) is 6.62. The van der Waals surface area contributed by atoms with Gasteiger partial charge in [0.25, 0.3) is 0 Å². The van der Waals surface area contributed by atoms with Crippen molar-refractivity contribution in [2.45, 2.75) is 50.1 Å². The molecular weight excluding hydrogens is 375 g/mol. The van der Waals surface area contributed by atoms with Gasteiger partial charge in [-0.05, 0) is 36.6 Å². The van der Waals surface area contributed by atoms with Crippen LogP contribution in [0.3, 0.4) is 0 Å². The van der Waals surface area contributed by atoms with Crippen molar-refractivity contribution in [1.82, 2.24) is 19.9 Å². The summed E-state index contributed by atoms with van der Waals surface area (Å²) in [6.07, 6.45) is 6.07. The molecule has 0 fully saturated rings. The van der Waals surface area contributed by atoms with E-state index in [2.05, 4.69) is 17.2 Å². The zero-order valence-electron chi connectivity index (χ0n) is 16.2.